The molecule has 7 heteroatoms. The van der Waals surface area contributed by atoms with E-state index in [1.807, 2.05) is 0 Å². The van der Waals surface area contributed by atoms with Gasteiger partial charge in [0.15, 0.2) is 11.6 Å². The molecule has 0 atom stereocenters. The summed E-state index contributed by atoms with van der Waals surface area (Å²) in [7, 11) is 0. The molecule has 118 valence electrons. The number of hydrogen-bond acceptors (Lipinski definition) is 3. The van der Waals surface area contributed by atoms with Gasteiger partial charge >= 0.3 is 0 Å². The third-order valence-electron chi connectivity index (χ3n) is 3.13. The van der Waals surface area contributed by atoms with E-state index >= 15 is 0 Å². The van der Waals surface area contributed by atoms with Crippen LogP contribution in [0.4, 0.5) is 13.2 Å². The molecule has 0 spiro atoms. The van der Waals surface area contributed by atoms with Crippen molar-refractivity contribution in [3.05, 3.63) is 58.5 Å². The summed E-state index contributed by atoms with van der Waals surface area (Å²) >= 11 is 0. The maximum absolute atomic E-state index is 13.3. The first-order chi connectivity index (χ1) is 10.6. The molecule has 1 aromatic heterocycles. The minimum absolute atomic E-state index is 0.478. The van der Waals surface area contributed by atoms with E-state index < -0.39 is 28.7 Å². The Labute approximate surface area is 125 Å². The van der Waals surface area contributed by atoms with Crippen LogP contribution in [0, 0.1) is 17.5 Å². The summed E-state index contributed by atoms with van der Waals surface area (Å²) in [6, 6.07) is 2.15. The Bertz CT molecular complexity index is 629. The fourth-order valence-electron chi connectivity index (χ4n) is 2.06. The van der Waals surface area contributed by atoms with Gasteiger partial charge in [-0.3, -0.25) is 4.79 Å². The minimum Gasteiger partial charge on any atom is -0.317 e. The summed E-state index contributed by atoms with van der Waals surface area (Å²) in [5.41, 5.74) is -1.01. The van der Waals surface area contributed by atoms with Gasteiger partial charge in [0.2, 0.25) is 0 Å². The van der Waals surface area contributed by atoms with Gasteiger partial charge in [0.1, 0.15) is 17.8 Å². The molecule has 1 N–H and O–H groups in total. The van der Waals surface area contributed by atoms with Crippen molar-refractivity contribution in [2.45, 2.75) is 19.3 Å². The van der Waals surface area contributed by atoms with Crippen LogP contribution in [0.5, 0.6) is 0 Å². The van der Waals surface area contributed by atoms with Crippen molar-refractivity contribution >= 4 is 0 Å². The Morgan fingerprint density at radius 1 is 1.05 bits per heavy atom. The predicted molar refractivity (Wildman–Crippen MR) is 76.4 cm³/mol. The average Bonchev–Trinajstić information content (AvgIpc) is 2.51. The standard InChI is InChI=1S/C10H5F3N2O.C5H11N/c11-6-3-7(12)10(8(13)4-6)15-2-1-9(16)14-5-15;1-2-4-6-5-3-1/h1-5H;6H,1-5H2. The molecule has 1 aliphatic heterocycles. The van der Waals surface area contributed by atoms with Crippen LogP contribution in [0.2, 0.25) is 0 Å². The van der Waals surface area contributed by atoms with Crippen LogP contribution in [0.1, 0.15) is 19.3 Å². The van der Waals surface area contributed by atoms with Gasteiger partial charge in [0.25, 0.3) is 5.56 Å². The molecular formula is C15H16F3N3O. The Hall–Kier alpha value is -2.15. The van der Waals surface area contributed by atoms with Gasteiger partial charge in [0, 0.05) is 24.4 Å². The zero-order chi connectivity index (χ0) is 15.9. The van der Waals surface area contributed by atoms with Crippen molar-refractivity contribution in [1.29, 1.82) is 0 Å². The molecule has 1 aliphatic rings. The summed E-state index contributed by atoms with van der Waals surface area (Å²) in [5.74, 6) is -3.14. The highest BCUT2D eigenvalue weighted by molar-refractivity contribution is 5.35. The molecule has 1 saturated heterocycles. The number of nitrogens with zero attached hydrogens (tertiary/aromatic N) is 2. The second-order valence-electron chi connectivity index (χ2n) is 4.83. The molecule has 0 unspecified atom stereocenters. The van der Waals surface area contributed by atoms with Crippen LogP contribution in [-0.2, 0) is 0 Å². The molecule has 1 aromatic carbocycles. The molecule has 22 heavy (non-hydrogen) atoms. The molecule has 1 fully saturated rings. The molecule has 0 radical (unpaired) electrons. The van der Waals surface area contributed by atoms with Gasteiger partial charge in [-0.2, -0.15) is 4.98 Å². The maximum atomic E-state index is 13.3. The van der Waals surface area contributed by atoms with E-state index in [9.17, 15) is 18.0 Å². The molecule has 0 bridgehead atoms. The minimum atomic E-state index is -1.07. The number of benzene rings is 1. The lowest BCUT2D eigenvalue weighted by Crippen LogP contribution is -2.21. The number of halogens is 3. The van der Waals surface area contributed by atoms with Crippen LogP contribution in [-0.4, -0.2) is 22.6 Å². The lowest BCUT2D eigenvalue weighted by Gasteiger charge is -2.08. The van der Waals surface area contributed by atoms with Crippen molar-refractivity contribution in [1.82, 2.24) is 14.9 Å². The van der Waals surface area contributed by atoms with Crippen molar-refractivity contribution in [3.63, 3.8) is 0 Å². The second kappa shape index (κ2) is 7.74. The Morgan fingerprint density at radius 2 is 1.68 bits per heavy atom. The lowest BCUT2D eigenvalue weighted by molar-refractivity contribution is 0.520. The van der Waals surface area contributed by atoms with E-state index in [1.54, 1.807) is 0 Å². The monoisotopic (exact) mass is 311 g/mol. The number of aromatic nitrogens is 2. The Kier molecular flexibility index (Phi) is 5.71. The van der Waals surface area contributed by atoms with Crippen molar-refractivity contribution in [2.75, 3.05) is 13.1 Å². The fraction of sp³-hybridized carbons (Fsp3) is 0.333. The van der Waals surface area contributed by atoms with Crippen LogP contribution in [0.25, 0.3) is 5.69 Å². The van der Waals surface area contributed by atoms with Crippen molar-refractivity contribution in [3.8, 4) is 5.69 Å². The van der Waals surface area contributed by atoms with Crippen LogP contribution in [0.15, 0.2) is 35.5 Å². The average molecular weight is 311 g/mol. The van der Waals surface area contributed by atoms with Gasteiger partial charge in [0.05, 0.1) is 0 Å². The number of rotatable bonds is 1. The molecule has 0 aliphatic carbocycles. The Balaban J connectivity index is 0.000000246. The van der Waals surface area contributed by atoms with E-state index in [-0.39, 0.29) is 0 Å². The lowest BCUT2D eigenvalue weighted by atomic mass is 10.2. The molecular weight excluding hydrogens is 295 g/mol. The van der Waals surface area contributed by atoms with Crippen LogP contribution in [0.3, 0.4) is 0 Å². The number of nitrogens with one attached hydrogen (secondary N) is 1. The highest BCUT2D eigenvalue weighted by atomic mass is 19.1. The van der Waals surface area contributed by atoms with E-state index in [1.165, 1.54) is 32.4 Å². The van der Waals surface area contributed by atoms with E-state index in [0.29, 0.717) is 12.1 Å². The van der Waals surface area contributed by atoms with E-state index in [4.69, 9.17) is 0 Å². The molecule has 2 aromatic rings. The normalized spacial score (nSPS) is 14.1. The van der Waals surface area contributed by atoms with Crippen LogP contribution >= 0.6 is 0 Å². The quantitative estimate of drug-likeness (QED) is 0.880. The van der Waals surface area contributed by atoms with Gasteiger partial charge in [-0.05, 0) is 25.9 Å². The molecule has 3 rings (SSSR count). The fourth-order valence-corrected chi connectivity index (χ4v) is 2.06. The molecule has 0 amide bonds. The third kappa shape index (κ3) is 4.42. The predicted octanol–water partition coefficient (Wildman–Crippen LogP) is 2.41. The summed E-state index contributed by atoms with van der Waals surface area (Å²) in [5, 5.41) is 3.28. The molecule has 2 heterocycles. The third-order valence-corrected chi connectivity index (χ3v) is 3.13. The second-order valence-corrected chi connectivity index (χ2v) is 4.83. The summed E-state index contributed by atoms with van der Waals surface area (Å²) < 4.78 is 40.2. The zero-order valence-corrected chi connectivity index (χ0v) is 11.9. The summed E-state index contributed by atoms with van der Waals surface area (Å²) in [6.07, 6.45) is 6.32. The van der Waals surface area contributed by atoms with E-state index in [0.717, 1.165) is 23.2 Å². The van der Waals surface area contributed by atoms with Gasteiger partial charge in [-0.15, -0.1) is 0 Å². The van der Waals surface area contributed by atoms with Crippen LogP contribution < -0.4 is 10.9 Å². The first-order valence-corrected chi connectivity index (χ1v) is 6.98. The largest absolute Gasteiger partial charge is 0.317 e. The topological polar surface area (TPSA) is 46.9 Å². The molecule has 0 saturated carbocycles. The first-order valence-electron chi connectivity index (χ1n) is 6.98. The highest BCUT2D eigenvalue weighted by Crippen LogP contribution is 2.18. The summed E-state index contributed by atoms with van der Waals surface area (Å²) in [6.45, 7) is 2.50. The SMILES string of the molecule is C1CCNCC1.O=c1ccn(-c2c(F)cc(F)cc2F)cn1. The maximum Gasteiger partial charge on any atom is 0.272 e. The van der Waals surface area contributed by atoms with Crippen molar-refractivity contribution in [2.24, 2.45) is 0 Å². The number of hydrogen-bond donors (Lipinski definition) is 1. The zero-order valence-electron chi connectivity index (χ0n) is 11.9. The van der Waals surface area contributed by atoms with Gasteiger partial charge in [-0.25, -0.2) is 13.2 Å². The highest BCUT2D eigenvalue weighted by Gasteiger charge is 2.12. The van der Waals surface area contributed by atoms with Gasteiger partial charge in [-0.1, -0.05) is 6.42 Å². The smallest absolute Gasteiger partial charge is 0.272 e. The van der Waals surface area contributed by atoms with E-state index in [2.05, 4.69) is 10.3 Å². The van der Waals surface area contributed by atoms with Crippen molar-refractivity contribution < 1.29 is 13.2 Å². The summed E-state index contributed by atoms with van der Waals surface area (Å²) in [4.78, 5) is 14.0. The molecule has 4 nitrogen and oxygen atoms in total. The number of piperidine rings is 1. The Morgan fingerprint density at radius 3 is 2.09 bits per heavy atom. The first kappa shape index (κ1) is 16.2. The van der Waals surface area contributed by atoms with Gasteiger partial charge < -0.3 is 9.88 Å².